The van der Waals surface area contributed by atoms with Gasteiger partial charge >= 0.3 is 5.97 Å². The van der Waals surface area contributed by atoms with E-state index in [-0.39, 0.29) is 35.1 Å². The zero-order valence-corrected chi connectivity index (χ0v) is 23.3. The molecule has 5 aromatic rings. The van der Waals surface area contributed by atoms with Gasteiger partial charge in [0, 0.05) is 72.1 Å². The first-order valence-corrected chi connectivity index (χ1v) is 12.1. The minimum atomic E-state index is -1.01. The number of benzene rings is 1. The van der Waals surface area contributed by atoms with Gasteiger partial charge in [-0.2, -0.15) is 5.10 Å². The van der Waals surface area contributed by atoms with E-state index in [1.54, 1.807) is 47.3 Å². The largest absolute Gasteiger partial charge is 0.478 e. The number of fused-ring (bicyclic) bond motifs is 2. The van der Waals surface area contributed by atoms with Gasteiger partial charge in [-0.3, -0.25) is 4.98 Å². The summed E-state index contributed by atoms with van der Waals surface area (Å²) in [6, 6.07) is 14.3. The number of carboxylic acids is 1. The second kappa shape index (κ2) is 11.2. The van der Waals surface area contributed by atoms with E-state index in [9.17, 15) is 9.90 Å². The second-order valence-corrected chi connectivity index (χ2v) is 8.91. The first-order valence-electron chi connectivity index (χ1n) is 11.7. The van der Waals surface area contributed by atoms with E-state index in [0.717, 1.165) is 30.0 Å². The van der Waals surface area contributed by atoms with Crippen molar-refractivity contribution in [3.05, 3.63) is 83.0 Å². The standard InChI is InChI=1S/C27H21ClN6O3.Na/c28-24-15-23(33-10-12-37-13-11-33)26-31-22(25(34(26)32-24)17-4-3-9-29-16-17)8-7-18-14-20(27(35)36)19-5-1-2-6-21(19)30-18;/h1-9,14-16H,10-13H2,(H,35,36);. The molecule has 1 aliphatic heterocycles. The van der Waals surface area contributed by atoms with Crippen molar-refractivity contribution in [1.29, 1.82) is 0 Å². The van der Waals surface area contributed by atoms with Crippen LogP contribution >= 0.6 is 11.6 Å². The topological polar surface area (TPSA) is 106 Å². The number of nitrogens with zero attached hydrogens (tertiary/aromatic N) is 6. The van der Waals surface area contributed by atoms with E-state index in [1.807, 2.05) is 30.3 Å². The van der Waals surface area contributed by atoms with Gasteiger partial charge in [0.1, 0.15) is 5.69 Å². The van der Waals surface area contributed by atoms with Crippen LogP contribution in [0.1, 0.15) is 21.7 Å². The molecule has 6 rings (SSSR count). The molecule has 11 heteroatoms. The smallest absolute Gasteiger partial charge is 0.336 e. The molecule has 0 atom stereocenters. The van der Waals surface area contributed by atoms with Crippen molar-refractivity contribution in [1.82, 2.24) is 24.6 Å². The molecule has 1 fully saturated rings. The van der Waals surface area contributed by atoms with Crippen LogP contribution in [0.15, 0.2) is 60.9 Å². The fraction of sp³-hybridized carbons (Fsp3) is 0.148. The zero-order valence-electron chi connectivity index (χ0n) is 20.6. The van der Waals surface area contributed by atoms with Crippen LogP contribution in [0.5, 0.6) is 0 Å². The minimum Gasteiger partial charge on any atom is -0.478 e. The molecule has 1 radical (unpaired) electrons. The van der Waals surface area contributed by atoms with E-state index in [2.05, 4.69) is 20.0 Å². The Bertz CT molecular complexity index is 1670. The number of rotatable bonds is 5. The van der Waals surface area contributed by atoms with E-state index >= 15 is 0 Å². The molecule has 0 bridgehead atoms. The van der Waals surface area contributed by atoms with E-state index in [4.69, 9.17) is 21.3 Å². The fourth-order valence-electron chi connectivity index (χ4n) is 4.54. The summed E-state index contributed by atoms with van der Waals surface area (Å²) in [4.78, 5) is 27.9. The fourth-order valence-corrected chi connectivity index (χ4v) is 4.72. The van der Waals surface area contributed by atoms with Crippen molar-refractivity contribution in [2.75, 3.05) is 31.2 Å². The Balaban J connectivity index is 0.00000294. The molecule has 1 saturated heterocycles. The number of carboxylic acid groups (broad SMARTS) is 1. The molecule has 5 heterocycles. The van der Waals surface area contributed by atoms with E-state index < -0.39 is 5.97 Å². The van der Waals surface area contributed by atoms with Gasteiger partial charge in [0.05, 0.1) is 41.4 Å². The summed E-state index contributed by atoms with van der Waals surface area (Å²) in [5.74, 6) is -1.01. The van der Waals surface area contributed by atoms with Crippen LogP contribution in [0.25, 0.3) is 40.0 Å². The summed E-state index contributed by atoms with van der Waals surface area (Å²) < 4.78 is 7.26. The predicted molar refractivity (Wildman–Crippen MR) is 148 cm³/mol. The number of ether oxygens (including phenoxy) is 1. The van der Waals surface area contributed by atoms with Gasteiger partial charge in [0.25, 0.3) is 0 Å². The average molecular weight is 536 g/mol. The normalized spacial score (nSPS) is 13.8. The summed E-state index contributed by atoms with van der Waals surface area (Å²) in [6.45, 7) is 2.67. The maximum absolute atomic E-state index is 11.9. The Hall–Kier alpha value is -3.34. The molecule has 0 spiro atoms. The molecule has 185 valence electrons. The van der Waals surface area contributed by atoms with Gasteiger partial charge in [-0.1, -0.05) is 29.8 Å². The predicted octanol–water partition coefficient (Wildman–Crippen LogP) is 4.32. The Labute approximate surface area is 245 Å². The van der Waals surface area contributed by atoms with Crippen LogP contribution < -0.4 is 4.90 Å². The maximum atomic E-state index is 11.9. The van der Waals surface area contributed by atoms with E-state index in [0.29, 0.717) is 46.3 Å². The third kappa shape index (κ3) is 5.03. The van der Waals surface area contributed by atoms with Crippen molar-refractivity contribution in [2.24, 2.45) is 0 Å². The minimum absolute atomic E-state index is 0. The van der Waals surface area contributed by atoms with Crippen LogP contribution in [0, 0.1) is 0 Å². The molecule has 9 nitrogen and oxygen atoms in total. The molecular formula is C27H21ClN6NaO3. The zero-order chi connectivity index (χ0) is 25.4. The van der Waals surface area contributed by atoms with Crippen LogP contribution in [0.2, 0.25) is 5.15 Å². The molecule has 1 aromatic carbocycles. The molecule has 38 heavy (non-hydrogen) atoms. The number of anilines is 1. The Kier molecular flexibility index (Phi) is 7.73. The number of halogens is 1. The number of morpholine rings is 1. The van der Waals surface area contributed by atoms with Gasteiger partial charge in [-0.15, -0.1) is 0 Å². The van der Waals surface area contributed by atoms with Crippen molar-refractivity contribution in [3.63, 3.8) is 0 Å². The molecule has 1 N–H and O–H groups in total. The van der Waals surface area contributed by atoms with Gasteiger partial charge in [-0.25, -0.2) is 19.3 Å². The Morgan fingerprint density at radius 1 is 1.05 bits per heavy atom. The number of carbonyl (C=O) groups is 1. The molecule has 0 saturated carbocycles. The SMILES string of the molecule is O=C(O)c1cc(C=Cc2nc3c(N4CCOCC4)cc(Cl)nn3c2-c2cccnc2)nc2ccccc12.[Na]. The summed E-state index contributed by atoms with van der Waals surface area (Å²) in [5.41, 5.74) is 4.98. The molecule has 0 aliphatic carbocycles. The van der Waals surface area contributed by atoms with Crippen molar-refractivity contribution < 1.29 is 14.6 Å². The van der Waals surface area contributed by atoms with Crippen molar-refractivity contribution in [3.8, 4) is 11.3 Å². The number of aromatic carboxylic acids is 1. The third-order valence-electron chi connectivity index (χ3n) is 6.23. The van der Waals surface area contributed by atoms with Gasteiger partial charge in [0.15, 0.2) is 10.8 Å². The number of hydrogen-bond donors (Lipinski definition) is 1. The summed E-state index contributed by atoms with van der Waals surface area (Å²) in [6.07, 6.45) is 7.02. The second-order valence-electron chi connectivity index (χ2n) is 8.52. The van der Waals surface area contributed by atoms with Gasteiger partial charge in [0.2, 0.25) is 0 Å². The van der Waals surface area contributed by atoms with Crippen molar-refractivity contribution in [2.45, 2.75) is 0 Å². The molecule has 0 unspecified atom stereocenters. The first-order chi connectivity index (χ1) is 18.1. The quantitative estimate of drug-likeness (QED) is 0.332. The number of pyridine rings is 2. The van der Waals surface area contributed by atoms with Gasteiger partial charge in [-0.05, 0) is 36.4 Å². The molecule has 4 aromatic heterocycles. The summed E-state index contributed by atoms with van der Waals surface area (Å²) >= 11 is 6.47. The Morgan fingerprint density at radius 3 is 2.63 bits per heavy atom. The maximum Gasteiger partial charge on any atom is 0.336 e. The van der Waals surface area contributed by atoms with Crippen molar-refractivity contribution >= 4 is 81.5 Å². The number of para-hydroxylation sites is 1. The molecule has 1 aliphatic rings. The molecular weight excluding hydrogens is 515 g/mol. The number of imidazole rings is 1. The molecule has 0 amide bonds. The number of aromatic nitrogens is 5. The third-order valence-corrected chi connectivity index (χ3v) is 6.41. The van der Waals surface area contributed by atoms with Crippen LogP contribution in [0.3, 0.4) is 0 Å². The Morgan fingerprint density at radius 2 is 1.87 bits per heavy atom. The summed E-state index contributed by atoms with van der Waals surface area (Å²) in [7, 11) is 0. The number of hydrogen-bond acceptors (Lipinski definition) is 7. The van der Waals surface area contributed by atoms with E-state index in [1.165, 1.54) is 0 Å². The first kappa shape index (κ1) is 26.3. The summed E-state index contributed by atoms with van der Waals surface area (Å²) in [5, 5.41) is 15.3. The average Bonchev–Trinajstić information content (AvgIpc) is 3.30. The van der Waals surface area contributed by atoms with Crippen LogP contribution in [-0.2, 0) is 4.74 Å². The monoisotopic (exact) mass is 535 g/mol. The van der Waals surface area contributed by atoms with Crippen LogP contribution in [-0.4, -0.2) is 91.5 Å². The van der Waals surface area contributed by atoms with Crippen LogP contribution in [0.4, 0.5) is 5.69 Å². The van der Waals surface area contributed by atoms with Gasteiger partial charge < -0.3 is 14.7 Å².